The molecule has 0 fully saturated rings. The van der Waals surface area contributed by atoms with Crippen molar-refractivity contribution in [2.24, 2.45) is 0 Å². The van der Waals surface area contributed by atoms with Crippen molar-refractivity contribution in [1.82, 2.24) is 0 Å². The zero-order valence-electron chi connectivity index (χ0n) is 14.0. The van der Waals surface area contributed by atoms with Gasteiger partial charge in [-0.3, -0.25) is 4.79 Å². The van der Waals surface area contributed by atoms with Crippen LogP contribution in [0.1, 0.15) is 72.1 Å². The van der Waals surface area contributed by atoms with Gasteiger partial charge in [0.15, 0.2) is 5.78 Å². The Morgan fingerprint density at radius 2 is 1.45 bits per heavy atom. The number of rotatable bonds is 4. The SMILES string of the molecule is Cc1ccccc1C(=O)c1cc(C(C)C)c(O)c(C(C)C)c1. The molecule has 2 rings (SSSR count). The van der Waals surface area contributed by atoms with E-state index in [-0.39, 0.29) is 17.6 Å². The van der Waals surface area contributed by atoms with E-state index >= 15 is 0 Å². The minimum absolute atomic E-state index is 0.0156. The molecule has 0 unspecified atom stereocenters. The van der Waals surface area contributed by atoms with Crippen molar-refractivity contribution in [2.75, 3.05) is 0 Å². The first-order valence-corrected chi connectivity index (χ1v) is 7.80. The van der Waals surface area contributed by atoms with Crippen LogP contribution >= 0.6 is 0 Å². The van der Waals surface area contributed by atoms with E-state index in [1.807, 2.05) is 71.0 Å². The van der Waals surface area contributed by atoms with Crippen molar-refractivity contribution in [3.05, 3.63) is 64.2 Å². The van der Waals surface area contributed by atoms with E-state index in [1.54, 1.807) is 0 Å². The first-order valence-electron chi connectivity index (χ1n) is 7.80. The summed E-state index contributed by atoms with van der Waals surface area (Å²) in [5, 5.41) is 10.4. The molecule has 1 N–H and O–H groups in total. The number of carbonyl (C=O) groups excluding carboxylic acids is 1. The van der Waals surface area contributed by atoms with Gasteiger partial charge in [0.05, 0.1) is 0 Å². The van der Waals surface area contributed by atoms with Crippen LogP contribution in [0.4, 0.5) is 0 Å². The number of ketones is 1. The van der Waals surface area contributed by atoms with Gasteiger partial charge in [-0.05, 0) is 47.6 Å². The number of carbonyl (C=O) groups is 1. The Morgan fingerprint density at radius 3 is 1.91 bits per heavy atom. The van der Waals surface area contributed by atoms with Crippen LogP contribution in [-0.4, -0.2) is 10.9 Å². The second kappa shape index (κ2) is 6.35. The van der Waals surface area contributed by atoms with Gasteiger partial charge in [0.2, 0.25) is 0 Å². The van der Waals surface area contributed by atoms with Gasteiger partial charge in [-0.1, -0.05) is 52.0 Å². The summed E-state index contributed by atoms with van der Waals surface area (Å²) in [5.41, 5.74) is 4.01. The average molecular weight is 296 g/mol. The average Bonchev–Trinajstić information content (AvgIpc) is 2.46. The third kappa shape index (κ3) is 3.06. The number of benzene rings is 2. The third-order valence-corrected chi connectivity index (χ3v) is 4.06. The van der Waals surface area contributed by atoms with E-state index in [0.717, 1.165) is 22.3 Å². The van der Waals surface area contributed by atoms with Gasteiger partial charge in [0, 0.05) is 11.1 Å². The van der Waals surface area contributed by atoms with E-state index in [1.165, 1.54) is 0 Å². The normalized spacial score (nSPS) is 11.2. The number of hydrogen-bond acceptors (Lipinski definition) is 2. The molecule has 0 amide bonds. The van der Waals surface area contributed by atoms with Crippen molar-refractivity contribution in [2.45, 2.75) is 46.5 Å². The molecule has 2 aromatic carbocycles. The molecule has 0 spiro atoms. The lowest BCUT2D eigenvalue weighted by atomic mass is 9.88. The molecule has 116 valence electrons. The van der Waals surface area contributed by atoms with Crippen molar-refractivity contribution in [3.8, 4) is 5.75 Å². The van der Waals surface area contributed by atoms with E-state index in [2.05, 4.69) is 0 Å². The summed E-state index contributed by atoms with van der Waals surface area (Å²) in [7, 11) is 0. The molecule has 0 heterocycles. The Labute approximate surface area is 132 Å². The molecule has 0 aliphatic carbocycles. The lowest BCUT2D eigenvalue weighted by molar-refractivity contribution is 0.103. The van der Waals surface area contributed by atoms with Crippen molar-refractivity contribution < 1.29 is 9.90 Å². The topological polar surface area (TPSA) is 37.3 Å². The molecule has 0 radical (unpaired) electrons. The standard InChI is InChI=1S/C20H24O2/c1-12(2)17-10-15(11-18(13(3)4)20(17)22)19(21)16-9-7-6-8-14(16)5/h6-13,22H,1-5H3. The van der Waals surface area contributed by atoms with Crippen LogP contribution < -0.4 is 0 Å². The maximum Gasteiger partial charge on any atom is 0.193 e. The van der Waals surface area contributed by atoms with Crippen LogP contribution in [0.25, 0.3) is 0 Å². The lowest BCUT2D eigenvalue weighted by Crippen LogP contribution is -2.07. The number of hydrogen-bond donors (Lipinski definition) is 1. The quantitative estimate of drug-likeness (QED) is 0.789. The minimum atomic E-state index is 0.0156. The van der Waals surface area contributed by atoms with Gasteiger partial charge in [-0.2, -0.15) is 0 Å². The number of phenolic OH excluding ortho intramolecular Hbond substituents is 1. The van der Waals surface area contributed by atoms with Crippen LogP contribution in [0, 0.1) is 6.92 Å². The second-order valence-electron chi connectivity index (χ2n) is 6.46. The Bertz CT molecular complexity index is 668. The maximum absolute atomic E-state index is 12.8. The molecule has 0 aliphatic rings. The zero-order valence-corrected chi connectivity index (χ0v) is 14.0. The third-order valence-electron chi connectivity index (χ3n) is 4.06. The first kappa shape index (κ1) is 16.3. The highest BCUT2D eigenvalue weighted by Gasteiger charge is 2.19. The Balaban J connectivity index is 2.61. The van der Waals surface area contributed by atoms with Gasteiger partial charge in [-0.25, -0.2) is 0 Å². The number of phenols is 1. The molecule has 22 heavy (non-hydrogen) atoms. The Kier molecular flexibility index (Phi) is 4.70. The fourth-order valence-corrected chi connectivity index (χ4v) is 2.67. The van der Waals surface area contributed by atoms with Crippen LogP contribution in [0.15, 0.2) is 36.4 Å². The molecule has 0 aliphatic heterocycles. The molecular weight excluding hydrogens is 272 g/mol. The fraction of sp³-hybridized carbons (Fsp3) is 0.350. The highest BCUT2D eigenvalue weighted by molar-refractivity contribution is 6.10. The fourth-order valence-electron chi connectivity index (χ4n) is 2.67. The molecule has 0 aromatic heterocycles. The van der Waals surface area contributed by atoms with Gasteiger partial charge < -0.3 is 5.11 Å². The van der Waals surface area contributed by atoms with Crippen molar-refractivity contribution in [3.63, 3.8) is 0 Å². The van der Waals surface area contributed by atoms with Crippen LogP contribution in [-0.2, 0) is 0 Å². The number of aryl methyl sites for hydroxylation is 1. The summed E-state index contributed by atoms with van der Waals surface area (Å²) in [6.45, 7) is 10.1. The first-order chi connectivity index (χ1) is 10.3. The largest absolute Gasteiger partial charge is 0.507 e. The maximum atomic E-state index is 12.8. The van der Waals surface area contributed by atoms with Gasteiger partial charge >= 0.3 is 0 Å². The summed E-state index contributed by atoms with van der Waals surface area (Å²) in [5.74, 6) is 0.678. The molecule has 0 saturated carbocycles. The molecule has 2 nitrogen and oxygen atoms in total. The second-order valence-corrected chi connectivity index (χ2v) is 6.46. The highest BCUT2D eigenvalue weighted by atomic mass is 16.3. The summed E-state index contributed by atoms with van der Waals surface area (Å²) in [4.78, 5) is 12.8. The summed E-state index contributed by atoms with van der Waals surface area (Å²) in [6, 6.07) is 11.3. The van der Waals surface area contributed by atoms with Crippen LogP contribution in [0.2, 0.25) is 0 Å². The van der Waals surface area contributed by atoms with Gasteiger partial charge in [0.25, 0.3) is 0 Å². The lowest BCUT2D eigenvalue weighted by Gasteiger charge is -2.17. The molecular formula is C20H24O2. The van der Waals surface area contributed by atoms with Gasteiger partial charge in [0.1, 0.15) is 5.75 Å². The minimum Gasteiger partial charge on any atom is -0.507 e. The highest BCUT2D eigenvalue weighted by Crippen LogP contribution is 2.35. The summed E-state index contributed by atoms with van der Waals surface area (Å²) >= 11 is 0. The smallest absolute Gasteiger partial charge is 0.193 e. The Morgan fingerprint density at radius 1 is 0.955 bits per heavy atom. The Hall–Kier alpha value is -2.09. The molecule has 0 bridgehead atoms. The van der Waals surface area contributed by atoms with Crippen molar-refractivity contribution in [1.29, 1.82) is 0 Å². The molecule has 2 heteroatoms. The summed E-state index contributed by atoms with van der Waals surface area (Å²) < 4.78 is 0. The molecule has 2 aromatic rings. The van der Waals surface area contributed by atoms with Gasteiger partial charge in [-0.15, -0.1) is 0 Å². The molecule has 0 atom stereocenters. The van der Waals surface area contributed by atoms with Crippen molar-refractivity contribution >= 4 is 5.78 Å². The molecule has 0 saturated heterocycles. The monoisotopic (exact) mass is 296 g/mol. The number of aromatic hydroxyl groups is 1. The zero-order chi connectivity index (χ0) is 16.4. The van der Waals surface area contributed by atoms with Crippen LogP contribution in [0.3, 0.4) is 0 Å². The van der Waals surface area contributed by atoms with Crippen LogP contribution in [0.5, 0.6) is 5.75 Å². The summed E-state index contributed by atoms with van der Waals surface area (Å²) in [6.07, 6.45) is 0. The van der Waals surface area contributed by atoms with E-state index < -0.39 is 0 Å². The van der Waals surface area contributed by atoms with E-state index in [9.17, 15) is 9.90 Å². The predicted octanol–water partition coefficient (Wildman–Crippen LogP) is 5.18. The predicted molar refractivity (Wildman–Crippen MR) is 90.9 cm³/mol. The van der Waals surface area contributed by atoms with E-state index in [4.69, 9.17) is 0 Å². The van der Waals surface area contributed by atoms with E-state index in [0.29, 0.717) is 11.3 Å².